The van der Waals surface area contributed by atoms with Gasteiger partial charge in [0.15, 0.2) is 0 Å². The Hall–Kier alpha value is -2.89. The molecule has 132 valence electrons. The maximum absolute atomic E-state index is 13.5. The van der Waals surface area contributed by atoms with Crippen molar-refractivity contribution >= 4 is 11.8 Å². The third kappa shape index (κ3) is 4.79. The van der Waals surface area contributed by atoms with Gasteiger partial charge in [-0.05, 0) is 32.0 Å². The maximum Gasteiger partial charge on any atom is 0.254 e. The second-order valence-electron chi connectivity index (χ2n) is 5.70. The number of carbonyl (C=O) groups is 2. The minimum Gasteiger partial charge on any atom is -0.496 e. The highest BCUT2D eigenvalue weighted by atomic mass is 19.1. The molecule has 0 bridgehead atoms. The quantitative estimate of drug-likeness (QED) is 0.847. The minimum atomic E-state index is -0.631. The van der Waals surface area contributed by atoms with E-state index in [4.69, 9.17) is 4.74 Å². The molecule has 0 aromatic heterocycles. The lowest BCUT2D eigenvalue weighted by Crippen LogP contribution is -2.38. The molecule has 5 nitrogen and oxygen atoms in total. The van der Waals surface area contributed by atoms with E-state index in [0.717, 1.165) is 11.1 Å². The molecule has 2 N–H and O–H groups in total. The number of benzene rings is 2. The van der Waals surface area contributed by atoms with E-state index in [2.05, 4.69) is 10.6 Å². The van der Waals surface area contributed by atoms with Crippen LogP contribution in [0.15, 0.2) is 42.5 Å². The molecule has 0 saturated heterocycles. The van der Waals surface area contributed by atoms with Crippen LogP contribution in [0.25, 0.3) is 0 Å². The van der Waals surface area contributed by atoms with Crippen molar-refractivity contribution < 1.29 is 18.7 Å². The first-order valence-corrected chi connectivity index (χ1v) is 7.89. The zero-order valence-electron chi connectivity index (χ0n) is 14.4. The third-order valence-electron chi connectivity index (χ3n) is 3.76. The van der Waals surface area contributed by atoms with Gasteiger partial charge in [0.2, 0.25) is 5.91 Å². The Kier molecular flexibility index (Phi) is 6.11. The van der Waals surface area contributed by atoms with E-state index in [-0.39, 0.29) is 24.1 Å². The maximum atomic E-state index is 13.5. The predicted molar refractivity (Wildman–Crippen MR) is 93.0 cm³/mol. The van der Waals surface area contributed by atoms with Gasteiger partial charge in [-0.3, -0.25) is 9.59 Å². The lowest BCUT2D eigenvalue weighted by molar-refractivity contribution is -0.120. The largest absolute Gasteiger partial charge is 0.496 e. The molecular formula is C19H21FN2O3. The van der Waals surface area contributed by atoms with Gasteiger partial charge >= 0.3 is 0 Å². The van der Waals surface area contributed by atoms with Crippen molar-refractivity contribution in [3.05, 3.63) is 65.0 Å². The summed E-state index contributed by atoms with van der Waals surface area (Å²) in [6.45, 7) is 3.53. The molecule has 0 aliphatic carbocycles. The Labute approximate surface area is 146 Å². The highest BCUT2D eigenvalue weighted by molar-refractivity contribution is 5.96. The van der Waals surface area contributed by atoms with Gasteiger partial charge in [-0.15, -0.1) is 0 Å². The SMILES string of the molecule is COc1ccc(C)cc1C(C)NC(=O)CNC(=O)c1ccccc1F. The number of hydrogen-bond acceptors (Lipinski definition) is 3. The average molecular weight is 344 g/mol. The first-order chi connectivity index (χ1) is 11.9. The summed E-state index contributed by atoms with van der Waals surface area (Å²) in [5, 5.41) is 5.21. The van der Waals surface area contributed by atoms with Crippen LogP contribution < -0.4 is 15.4 Å². The topological polar surface area (TPSA) is 67.4 Å². The van der Waals surface area contributed by atoms with E-state index in [1.807, 2.05) is 32.0 Å². The van der Waals surface area contributed by atoms with Crippen molar-refractivity contribution in [3.63, 3.8) is 0 Å². The first kappa shape index (κ1) is 18.4. The lowest BCUT2D eigenvalue weighted by Gasteiger charge is -2.18. The molecule has 6 heteroatoms. The third-order valence-corrected chi connectivity index (χ3v) is 3.76. The van der Waals surface area contributed by atoms with E-state index in [9.17, 15) is 14.0 Å². The van der Waals surface area contributed by atoms with Crippen LogP contribution in [0.3, 0.4) is 0 Å². The van der Waals surface area contributed by atoms with Gasteiger partial charge in [-0.2, -0.15) is 0 Å². The van der Waals surface area contributed by atoms with Gasteiger partial charge in [0, 0.05) is 5.56 Å². The van der Waals surface area contributed by atoms with Crippen LogP contribution in [0.2, 0.25) is 0 Å². The molecule has 1 atom stereocenters. The summed E-state index contributed by atoms with van der Waals surface area (Å²) < 4.78 is 18.9. The molecule has 0 radical (unpaired) electrons. The van der Waals surface area contributed by atoms with Gasteiger partial charge in [-0.25, -0.2) is 4.39 Å². The van der Waals surface area contributed by atoms with E-state index in [1.165, 1.54) is 18.2 Å². The molecule has 0 spiro atoms. The van der Waals surface area contributed by atoms with E-state index < -0.39 is 11.7 Å². The fraction of sp³-hybridized carbons (Fsp3) is 0.263. The van der Waals surface area contributed by atoms with Crippen LogP contribution in [0.4, 0.5) is 4.39 Å². The van der Waals surface area contributed by atoms with Crippen molar-refractivity contribution in [1.82, 2.24) is 10.6 Å². The fourth-order valence-corrected chi connectivity index (χ4v) is 2.46. The van der Waals surface area contributed by atoms with E-state index >= 15 is 0 Å². The van der Waals surface area contributed by atoms with E-state index in [0.29, 0.717) is 5.75 Å². The predicted octanol–water partition coefficient (Wildman–Crippen LogP) is 2.75. The zero-order valence-corrected chi connectivity index (χ0v) is 14.4. The number of halogens is 1. The summed E-state index contributed by atoms with van der Waals surface area (Å²) in [6.07, 6.45) is 0. The Morgan fingerprint density at radius 3 is 2.60 bits per heavy atom. The number of hydrogen-bond donors (Lipinski definition) is 2. The van der Waals surface area contributed by atoms with Crippen LogP contribution in [-0.4, -0.2) is 25.5 Å². The number of carbonyl (C=O) groups excluding carboxylic acids is 2. The molecule has 2 rings (SSSR count). The first-order valence-electron chi connectivity index (χ1n) is 7.89. The molecule has 1 unspecified atom stereocenters. The highest BCUT2D eigenvalue weighted by Gasteiger charge is 2.16. The summed E-state index contributed by atoms with van der Waals surface area (Å²) in [5.41, 5.74) is 1.80. The molecule has 0 aliphatic heterocycles. The second kappa shape index (κ2) is 8.28. The van der Waals surface area contributed by atoms with Crippen molar-refractivity contribution in [3.8, 4) is 5.75 Å². The molecule has 2 aromatic carbocycles. The normalized spacial score (nSPS) is 11.5. The molecule has 2 aromatic rings. The molecule has 2 amide bonds. The molecule has 0 aliphatic rings. The monoisotopic (exact) mass is 344 g/mol. The van der Waals surface area contributed by atoms with Crippen LogP contribution >= 0.6 is 0 Å². The zero-order chi connectivity index (χ0) is 18.4. The number of ether oxygens (including phenoxy) is 1. The van der Waals surface area contributed by atoms with E-state index in [1.54, 1.807) is 13.2 Å². The molecule has 25 heavy (non-hydrogen) atoms. The fourth-order valence-electron chi connectivity index (χ4n) is 2.46. The summed E-state index contributed by atoms with van der Waals surface area (Å²) in [4.78, 5) is 24.0. The smallest absolute Gasteiger partial charge is 0.254 e. The Balaban J connectivity index is 1.95. The van der Waals surface area contributed by atoms with Gasteiger partial charge in [-0.1, -0.05) is 29.8 Å². The van der Waals surface area contributed by atoms with Crippen molar-refractivity contribution in [2.45, 2.75) is 19.9 Å². The molecule has 0 saturated carbocycles. The van der Waals surface area contributed by atoms with Crippen LogP contribution in [0.1, 0.15) is 34.5 Å². The number of amides is 2. The summed E-state index contributed by atoms with van der Waals surface area (Å²) in [7, 11) is 1.57. The summed E-state index contributed by atoms with van der Waals surface area (Å²) >= 11 is 0. The molecule has 0 fully saturated rings. The lowest BCUT2D eigenvalue weighted by atomic mass is 10.0. The molecular weight excluding hydrogens is 323 g/mol. The van der Waals surface area contributed by atoms with Gasteiger partial charge in [0.1, 0.15) is 11.6 Å². The number of nitrogens with one attached hydrogen (secondary N) is 2. The average Bonchev–Trinajstić information content (AvgIpc) is 2.60. The number of aryl methyl sites for hydroxylation is 1. The number of rotatable bonds is 6. The Bertz CT molecular complexity index is 777. The van der Waals surface area contributed by atoms with Crippen LogP contribution in [0.5, 0.6) is 5.75 Å². The summed E-state index contributed by atoms with van der Waals surface area (Å²) in [5.74, 6) is -0.957. The highest BCUT2D eigenvalue weighted by Crippen LogP contribution is 2.25. The minimum absolute atomic E-state index is 0.0938. The van der Waals surface area contributed by atoms with Crippen molar-refractivity contribution in [1.29, 1.82) is 0 Å². The van der Waals surface area contributed by atoms with Gasteiger partial charge < -0.3 is 15.4 Å². The standard InChI is InChI=1S/C19H21FN2O3/c1-12-8-9-17(25-3)15(10-12)13(2)22-18(23)11-21-19(24)14-6-4-5-7-16(14)20/h4-10,13H,11H2,1-3H3,(H,21,24)(H,22,23). The second-order valence-corrected chi connectivity index (χ2v) is 5.70. The van der Waals surface area contributed by atoms with Crippen molar-refractivity contribution in [2.75, 3.05) is 13.7 Å². The molecule has 0 heterocycles. The van der Waals surface area contributed by atoms with Crippen LogP contribution in [0, 0.1) is 12.7 Å². The number of methoxy groups -OCH3 is 1. The van der Waals surface area contributed by atoms with Gasteiger partial charge in [0.05, 0.1) is 25.3 Å². The van der Waals surface area contributed by atoms with Crippen molar-refractivity contribution in [2.24, 2.45) is 0 Å². The van der Waals surface area contributed by atoms with Gasteiger partial charge in [0.25, 0.3) is 5.91 Å². The Morgan fingerprint density at radius 2 is 1.92 bits per heavy atom. The van der Waals surface area contributed by atoms with Crippen LogP contribution in [-0.2, 0) is 4.79 Å². The Morgan fingerprint density at radius 1 is 1.20 bits per heavy atom. The summed E-state index contributed by atoms with van der Waals surface area (Å²) in [6, 6.07) is 11.0.